The number of alkyl halides is 3. The van der Waals surface area contributed by atoms with Crippen LogP contribution in [-0.2, 0) is 6.18 Å². The van der Waals surface area contributed by atoms with Gasteiger partial charge in [-0.25, -0.2) is 0 Å². The number of carbonyl (C=O) groups is 1. The van der Waals surface area contributed by atoms with E-state index in [1.807, 2.05) is 4.90 Å². The van der Waals surface area contributed by atoms with Crippen molar-refractivity contribution < 1.29 is 18.0 Å². The van der Waals surface area contributed by atoms with E-state index in [0.717, 1.165) is 6.07 Å². The largest absolute Gasteiger partial charge is 0.417 e. The molecule has 0 aromatic heterocycles. The molecule has 0 aliphatic carbocycles. The Balaban J connectivity index is 2.19. The van der Waals surface area contributed by atoms with Crippen LogP contribution in [0.2, 0.25) is 0 Å². The van der Waals surface area contributed by atoms with Crippen LogP contribution in [0.25, 0.3) is 0 Å². The average Bonchev–Trinajstić information content (AvgIpc) is 2.43. The summed E-state index contributed by atoms with van der Waals surface area (Å²) in [7, 11) is 1.54. The van der Waals surface area contributed by atoms with Gasteiger partial charge in [-0.1, -0.05) is 6.07 Å². The molecule has 108 valence electrons. The Kier molecular flexibility index (Phi) is 2.89. The van der Waals surface area contributed by atoms with Crippen LogP contribution < -0.4 is 10.2 Å². The molecule has 0 unspecified atom stereocenters. The van der Waals surface area contributed by atoms with Gasteiger partial charge >= 0.3 is 6.18 Å². The Morgan fingerprint density at radius 3 is 2.80 bits per heavy atom. The number of rotatable bonds is 0. The molecule has 0 radical (unpaired) electrons. The SMILES string of the molecule is CN1C(=O)c2c(cccc2C(F)(F)F)N2CCNC[C@@H]12. The lowest BCUT2D eigenvalue weighted by molar-refractivity contribution is -0.138. The molecule has 0 spiro atoms. The van der Waals surface area contributed by atoms with Crippen molar-refractivity contribution in [3.8, 4) is 0 Å². The Morgan fingerprint density at radius 1 is 1.35 bits per heavy atom. The number of amides is 1. The van der Waals surface area contributed by atoms with Gasteiger partial charge in [0, 0.05) is 26.7 Å². The van der Waals surface area contributed by atoms with Gasteiger partial charge in [0.05, 0.1) is 16.8 Å². The highest BCUT2D eigenvalue weighted by Gasteiger charge is 2.43. The van der Waals surface area contributed by atoms with E-state index in [2.05, 4.69) is 5.32 Å². The maximum atomic E-state index is 13.1. The third-order valence-electron chi connectivity index (χ3n) is 3.85. The highest BCUT2D eigenvalue weighted by molar-refractivity contribution is 6.03. The zero-order valence-electron chi connectivity index (χ0n) is 10.9. The molecule has 0 saturated carbocycles. The van der Waals surface area contributed by atoms with E-state index < -0.39 is 17.6 Å². The Morgan fingerprint density at radius 2 is 2.10 bits per heavy atom. The number of carbonyl (C=O) groups excluding carboxylic acids is 1. The summed E-state index contributed by atoms with van der Waals surface area (Å²) in [5.41, 5.74) is -0.709. The van der Waals surface area contributed by atoms with Gasteiger partial charge in [-0.3, -0.25) is 4.79 Å². The third-order valence-corrected chi connectivity index (χ3v) is 3.85. The quantitative estimate of drug-likeness (QED) is 0.785. The van der Waals surface area contributed by atoms with Crippen LogP contribution in [0, 0.1) is 0 Å². The Bertz CT molecular complexity index is 558. The summed E-state index contributed by atoms with van der Waals surface area (Å²) in [6.07, 6.45) is -4.75. The second-order valence-corrected chi connectivity index (χ2v) is 4.99. The standard InChI is InChI=1S/C13H14F3N3O/c1-18-10-7-17-5-6-19(10)9-4-2-3-8(13(14,15)16)11(9)12(18)20/h2-4,10,17H,5-7H2,1H3/t10-/m0/s1. The normalized spacial score (nSPS) is 22.6. The number of benzene rings is 1. The summed E-state index contributed by atoms with van der Waals surface area (Å²) < 4.78 is 39.3. The number of likely N-dealkylation sites (N-methyl/N-ethyl adjacent to an activating group) is 1. The van der Waals surface area contributed by atoms with Crippen molar-refractivity contribution in [3.63, 3.8) is 0 Å². The second kappa shape index (κ2) is 4.37. The van der Waals surface area contributed by atoms with Crippen LogP contribution in [0.1, 0.15) is 15.9 Å². The van der Waals surface area contributed by atoms with Gasteiger partial charge in [0.15, 0.2) is 0 Å². The highest BCUT2D eigenvalue weighted by atomic mass is 19.4. The molecule has 7 heteroatoms. The van der Waals surface area contributed by atoms with E-state index in [9.17, 15) is 18.0 Å². The minimum absolute atomic E-state index is 0.229. The molecule has 1 saturated heterocycles. The van der Waals surface area contributed by atoms with Crippen LogP contribution >= 0.6 is 0 Å². The zero-order chi connectivity index (χ0) is 14.5. The molecule has 3 rings (SSSR count). The van der Waals surface area contributed by atoms with Gasteiger partial charge in [0.1, 0.15) is 6.17 Å². The van der Waals surface area contributed by atoms with Crippen molar-refractivity contribution in [3.05, 3.63) is 29.3 Å². The molecule has 1 atom stereocenters. The van der Waals surface area contributed by atoms with Crippen LogP contribution in [0.4, 0.5) is 18.9 Å². The molecule has 2 heterocycles. The number of nitrogens with one attached hydrogen (secondary N) is 1. The Labute approximate surface area is 114 Å². The van der Waals surface area contributed by atoms with Crippen LogP contribution in [0.5, 0.6) is 0 Å². The first-order valence-electron chi connectivity index (χ1n) is 6.36. The Hall–Kier alpha value is -1.76. The maximum Gasteiger partial charge on any atom is 0.417 e. The second-order valence-electron chi connectivity index (χ2n) is 4.99. The summed E-state index contributed by atoms with van der Waals surface area (Å²) in [5, 5.41) is 3.15. The summed E-state index contributed by atoms with van der Waals surface area (Å²) in [5.74, 6) is -0.571. The van der Waals surface area contributed by atoms with E-state index in [1.54, 1.807) is 13.1 Å². The van der Waals surface area contributed by atoms with Crippen molar-refractivity contribution in [1.29, 1.82) is 0 Å². The van der Waals surface area contributed by atoms with Gasteiger partial charge < -0.3 is 15.1 Å². The van der Waals surface area contributed by atoms with Crippen LogP contribution in [0.15, 0.2) is 18.2 Å². The number of halogens is 3. The lowest BCUT2D eigenvalue weighted by Gasteiger charge is -2.47. The number of anilines is 1. The summed E-state index contributed by atoms with van der Waals surface area (Å²) in [6.45, 7) is 1.82. The van der Waals surface area contributed by atoms with E-state index >= 15 is 0 Å². The lowest BCUT2D eigenvalue weighted by Crippen LogP contribution is -2.62. The van der Waals surface area contributed by atoms with Gasteiger partial charge in [0.25, 0.3) is 5.91 Å². The molecule has 1 aromatic carbocycles. The van der Waals surface area contributed by atoms with Crippen molar-refractivity contribution in [1.82, 2.24) is 10.2 Å². The predicted octanol–water partition coefficient (Wildman–Crippen LogP) is 1.53. The number of piperazine rings is 1. The molecule has 1 amide bonds. The maximum absolute atomic E-state index is 13.1. The van der Waals surface area contributed by atoms with Crippen LogP contribution in [-0.4, -0.2) is 43.7 Å². The van der Waals surface area contributed by atoms with Crippen molar-refractivity contribution in [2.45, 2.75) is 12.3 Å². The molecule has 2 aliphatic rings. The van der Waals surface area contributed by atoms with Crippen molar-refractivity contribution >= 4 is 11.6 Å². The fourth-order valence-corrected chi connectivity index (χ4v) is 2.87. The molecule has 20 heavy (non-hydrogen) atoms. The topological polar surface area (TPSA) is 35.6 Å². The van der Waals surface area contributed by atoms with E-state index in [4.69, 9.17) is 0 Å². The van der Waals surface area contributed by atoms with E-state index in [0.29, 0.717) is 25.3 Å². The van der Waals surface area contributed by atoms with E-state index in [-0.39, 0.29) is 11.7 Å². The number of fused-ring (bicyclic) bond motifs is 3. The summed E-state index contributed by atoms with van der Waals surface area (Å²) >= 11 is 0. The smallest absolute Gasteiger partial charge is 0.348 e. The number of hydrogen-bond acceptors (Lipinski definition) is 3. The van der Waals surface area contributed by atoms with Crippen LogP contribution in [0.3, 0.4) is 0 Å². The van der Waals surface area contributed by atoms with Gasteiger partial charge in [-0.05, 0) is 12.1 Å². The molecule has 0 bridgehead atoms. The minimum Gasteiger partial charge on any atom is -0.348 e. The van der Waals surface area contributed by atoms with Crippen molar-refractivity contribution in [2.75, 3.05) is 31.6 Å². The van der Waals surface area contributed by atoms with Gasteiger partial charge in [-0.2, -0.15) is 13.2 Å². The molecule has 1 aromatic rings. The first-order chi connectivity index (χ1) is 9.41. The first-order valence-corrected chi connectivity index (χ1v) is 6.36. The first kappa shape index (κ1) is 13.2. The monoisotopic (exact) mass is 285 g/mol. The zero-order valence-corrected chi connectivity index (χ0v) is 10.9. The molecule has 1 fully saturated rings. The molecule has 4 nitrogen and oxygen atoms in total. The van der Waals surface area contributed by atoms with Gasteiger partial charge in [0.2, 0.25) is 0 Å². The molecular weight excluding hydrogens is 271 g/mol. The lowest BCUT2D eigenvalue weighted by atomic mass is 9.98. The molecular formula is C13H14F3N3O. The summed E-state index contributed by atoms with van der Waals surface area (Å²) in [6, 6.07) is 3.92. The fraction of sp³-hybridized carbons (Fsp3) is 0.462. The number of nitrogens with zero attached hydrogens (tertiary/aromatic N) is 2. The predicted molar refractivity (Wildman–Crippen MR) is 67.5 cm³/mol. The van der Waals surface area contributed by atoms with Crippen molar-refractivity contribution in [2.24, 2.45) is 0 Å². The minimum atomic E-state index is -4.53. The third kappa shape index (κ3) is 1.84. The van der Waals surface area contributed by atoms with Gasteiger partial charge in [-0.15, -0.1) is 0 Å². The molecule has 2 aliphatic heterocycles. The number of hydrogen-bond donors (Lipinski definition) is 1. The molecule has 1 N–H and O–H groups in total. The summed E-state index contributed by atoms with van der Waals surface area (Å²) in [4.78, 5) is 15.6. The average molecular weight is 285 g/mol. The highest BCUT2D eigenvalue weighted by Crippen LogP contribution is 2.40. The van der Waals surface area contributed by atoms with E-state index in [1.165, 1.54) is 11.0 Å². The fourth-order valence-electron chi connectivity index (χ4n) is 2.87.